The van der Waals surface area contributed by atoms with Gasteiger partial charge in [-0.05, 0) is 30.5 Å². The lowest BCUT2D eigenvalue weighted by Crippen LogP contribution is -2.46. The molecule has 0 aromatic heterocycles. The number of hydrogen-bond donors (Lipinski definition) is 1. The minimum absolute atomic E-state index is 0.313. The fourth-order valence-corrected chi connectivity index (χ4v) is 1.77. The maximum Gasteiger partial charge on any atom is 0.127 e. The number of rotatable bonds is 5. The SMILES string of the molecule is CCC(N)(COC)Cc1ccc(Cl)cc1F. The van der Waals surface area contributed by atoms with Crippen LogP contribution >= 0.6 is 11.6 Å². The first-order chi connectivity index (χ1) is 7.50. The Bertz CT molecular complexity index is 359. The highest BCUT2D eigenvalue weighted by atomic mass is 35.5. The molecule has 4 heteroatoms. The van der Waals surface area contributed by atoms with Crippen LogP contribution in [0.1, 0.15) is 18.9 Å². The summed E-state index contributed by atoms with van der Waals surface area (Å²) in [5, 5.41) is 0.395. The summed E-state index contributed by atoms with van der Waals surface area (Å²) >= 11 is 5.69. The minimum Gasteiger partial charge on any atom is -0.383 e. The number of methoxy groups -OCH3 is 1. The molecule has 2 N–H and O–H groups in total. The molecule has 0 aliphatic rings. The molecule has 1 rings (SSSR count). The molecule has 0 spiro atoms. The van der Waals surface area contributed by atoms with Gasteiger partial charge in [-0.25, -0.2) is 4.39 Å². The second kappa shape index (κ2) is 5.62. The fourth-order valence-electron chi connectivity index (χ4n) is 1.61. The lowest BCUT2D eigenvalue weighted by molar-refractivity contribution is 0.129. The van der Waals surface area contributed by atoms with E-state index < -0.39 is 5.54 Å². The van der Waals surface area contributed by atoms with Gasteiger partial charge in [0.25, 0.3) is 0 Å². The van der Waals surface area contributed by atoms with Crippen molar-refractivity contribution in [3.63, 3.8) is 0 Å². The average molecular weight is 246 g/mol. The molecule has 1 aromatic carbocycles. The largest absolute Gasteiger partial charge is 0.383 e. The van der Waals surface area contributed by atoms with Crippen LogP contribution in [0, 0.1) is 5.82 Å². The van der Waals surface area contributed by atoms with E-state index in [-0.39, 0.29) is 5.82 Å². The molecule has 0 aliphatic heterocycles. The van der Waals surface area contributed by atoms with Crippen LogP contribution in [0.5, 0.6) is 0 Å². The van der Waals surface area contributed by atoms with E-state index in [9.17, 15) is 4.39 Å². The van der Waals surface area contributed by atoms with Crippen LogP contribution in [0.4, 0.5) is 4.39 Å². The Labute approximate surface area is 101 Å². The Balaban J connectivity index is 2.85. The predicted octanol–water partition coefficient (Wildman–Crippen LogP) is 2.78. The third-order valence-corrected chi connectivity index (χ3v) is 2.93. The monoisotopic (exact) mass is 245 g/mol. The van der Waals surface area contributed by atoms with Gasteiger partial charge in [-0.3, -0.25) is 0 Å². The second-order valence-corrected chi connectivity index (χ2v) is 4.50. The van der Waals surface area contributed by atoms with Crippen molar-refractivity contribution >= 4 is 11.6 Å². The number of hydrogen-bond acceptors (Lipinski definition) is 2. The highest BCUT2D eigenvalue weighted by Gasteiger charge is 2.24. The Morgan fingerprint density at radius 1 is 1.50 bits per heavy atom. The average Bonchev–Trinajstić information content (AvgIpc) is 2.23. The van der Waals surface area contributed by atoms with Crippen LogP contribution in [-0.2, 0) is 11.2 Å². The molecule has 0 saturated carbocycles. The normalized spacial score (nSPS) is 14.8. The van der Waals surface area contributed by atoms with Crippen molar-refractivity contribution in [2.75, 3.05) is 13.7 Å². The summed E-state index contributed by atoms with van der Waals surface area (Å²) in [6.45, 7) is 2.37. The molecule has 0 bridgehead atoms. The van der Waals surface area contributed by atoms with Crippen LogP contribution in [0.3, 0.4) is 0 Å². The smallest absolute Gasteiger partial charge is 0.127 e. The van der Waals surface area contributed by atoms with E-state index in [4.69, 9.17) is 22.1 Å². The summed E-state index contributed by atoms with van der Waals surface area (Å²) in [6, 6.07) is 4.65. The molecule has 0 aliphatic carbocycles. The van der Waals surface area contributed by atoms with Crippen molar-refractivity contribution in [1.82, 2.24) is 0 Å². The maximum absolute atomic E-state index is 13.6. The van der Waals surface area contributed by atoms with Crippen LogP contribution in [0.15, 0.2) is 18.2 Å². The summed E-state index contributed by atoms with van der Waals surface area (Å²) in [6.07, 6.45) is 1.17. The lowest BCUT2D eigenvalue weighted by Gasteiger charge is -2.27. The summed E-state index contributed by atoms with van der Waals surface area (Å²) in [7, 11) is 1.59. The third kappa shape index (κ3) is 3.44. The van der Waals surface area contributed by atoms with Gasteiger partial charge < -0.3 is 10.5 Å². The van der Waals surface area contributed by atoms with Gasteiger partial charge in [-0.1, -0.05) is 24.6 Å². The van der Waals surface area contributed by atoms with E-state index in [2.05, 4.69) is 0 Å². The molecule has 0 saturated heterocycles. The van der Waals surface area contributed by atoms with Crippen molar-refractivity contribution in [3.8, 4) is 0 Å². The van der Waals surface area contributed by atoms with Crippen LogP contribution in [0.25, 0.3) is 0 Å². The minimum atomic E-state index is -0.524. The summed E-state index contributed by atoms with van der Waals surface area (Å²) in [5.74, 6) is -0.313. The first-order valence-corrected chi connectivity index (χ1v) is 5.60. The molecule has 0 fully saturated rings. The van der Waals surface area contributed by atoms with E-state index in [1.807, 2.05) is 6.92 Å². The van der Waals surface area contributed by atoms with E-state index in [1.54, 1.807) is 19.2 Å². The van der Waals surface area contributed by atoms with E-state index in [0.717, 1.165) is 6.42 Å². The molecule has 1 atom stereocenters. The third-order valence-electron chi connectivity index (χ3n) is 2.69. The highest BCUT2D eigenvalue weighted by molar-refractivity contribution is 6.30. The summed E-state index contributed by atoms with van der Waals surface area (Å²) < 4.78 is 18.6. The Morgan fingerprint density at radius 2 is 2.19 bits per heavy atom. The van der Waals surface area contributed by atoms with Gasteiger partial charge in [-0.15, -0.1) is 0 Å². The highest BCUT2D eigenvalue weighted by Crippen LogP contribution is 2.20. The lowest BCUT2D eigenvalue weighted by atomic mass is 9.90. The van der Waals surface area contributed by atoms with Gasteiger partial charge in [0.2, 0.25) is 0 Å². The number of benzene rings is 1. The van der Waals surface area contributed by atoms with E-state index >= 15 is 0 Å². The molecule has 2 nitrogen and oxygen atoms in total. The molecular formula is C12H17ClFNO. The topological polar surface area (TPSA) is 35.2 Å². The number of ether oxygens (including phenoxy) is 1. The van der Waals surface area contributed by atoms with Gasteiger partial charge in [0, 0.05) is 17.7 Å². The first kappa shape index (κ1) is 13.4. The second-order valence-electron chi connectivity index (χ2n) is 4.06. The number of halogens is 2. The molecule has 1 aromatic rings. The molecule has 1 unspecified atom stereocenters. The van der Waals surface area contributed by atoms with Crippen molar-refractivity contribution < 1.29 is 9.13 Å². The standard InChI is InChI=1S/C12H17ClFNO/c1-3-12(15,8-16-2)7-9-4-5-10(13)6-11(9)14/h4-6H,3,7-8,15H2,1-2H3. The van der Waals surface area contributed by atoms with Crippen molar-refractivity contribution in [3.05, 3.63) is 34.6 Å². The van der Waals surface area contributed by atoms with E-state index in [1.165, 1.54) is 6.07 Å². The molecule has 0 amide bonds. The fraction of sp³-hybridized carbons (Fsp3) is 0.500. The van der Waals surface area contributed by atoms with Crippen molar-refractivity contribution in [2.24, 2.45) is 5.73 Å². The molecule has 0 heterocycles. The van der Waals surface area contributed by atoms with E-state index in [0.29, 0.717) is 23.6 Å². The van der Waals surface area contributed by atoms with Gasteiger partial charge >= 0.3 is 0 Å². The Kier molecular flexibility index (Phi) is 4.71. The van der Waals surface area contributed by atoms with Gasteiger partial charge in [0.1, 0.15) is 5.82 Å². The first-order valence-electron chi connectivity index (χ1n) is 5.22. The maximum atomic E-state index is 13.6. The van der Waals surface area contributed by atoms with Gasteiger partial charge in [0.05, 0.1) is 6.61 Å². The molecule has 90 valence electrons. The molecule has 16 heavy (non-hydrogen) atoms. The zero-order chi connectivity index (χ0) is 12.2. The summed E-state index contributed by atoms with van der Waals surface area (Å²) in [4.78, 5) is 0. The molecular weight excluding hydrogens is 229 g/mol. The van der Waals surface area contributed by atoms with Crippen molar-refractivity contribution in [1.29, 1.82) is 0 Å². The Morgan fingerprint density at radius 3 is 2.69 bits per heavy atom. The van der Waals surface area contributed by atoms with Crippen molar-refractivity contribution in [2.45, 2.75) is 25.3 Å². The quantitative estimate of drug-likeness (QED) is 0.866. The van der Waals surface area contributed by atoms with Crippen LogP contribution in [0.2, 0.25) is 5.02 Å². The Hall–Kier alpha value is -0.640. The zero-order valence-corrected chi connectivity index (χ0v) is 10.4. The van der Waals surface area contributed by atoms with Gasteiger partial charge in [0.15, 0.2) is 0 Å². The molecule has 0 radical (unpaired) electrons. The predicted molar refractivity (Wildman–Crippen MR) is 64.2 cm³/mol. The number of nitrogens with two attached hydrogens (primary N) is 1. The summed E-state index contributed by atoms with van der Waals surface area (Å²) in [5.41, 5.74) is 6.17. The van der Waals surface area contributed by atoms with Crippen LogP contribution in [-0.4, -0.2) is 19.3 Å². The zero-order valence-electron chi connectivity index (χ0n) is 9.59. The van der Waals surface area contributed by atoms with Crippen LogP contribution < -0.4 is 5.73 Å². The van der Waals surface area contributed by atoms with Gasteiger partial charge in [-0.2, -0.15) is 0 Å².